The molecule has 0 saturated carbocycles. The van der Waals surface area contributed by atoms with Gasteiger partial charge in [0.2, 0.25) is 0 Å². The van der Waals surface area contributed by atoms with Crippen LogP contribution in [0.3, 0.4) is 0 Å². The Labute approximate surface area is 692 Å². The van der Waals surface area contributed by atoms with Gasteiger partial charge in [0.1, 0.15) is 28.7 Å². The summed E-state index contributed by atoms with van der Waals surface area (Å²) in [7, 11) is 0. The third kappa shape index (κ3) is 30.9. The Hall–Kier alpha value is -5.73. The van der Waals surface area contributed by atoms with Gasteiger partial charge in [-0.25, -0.2) is 9.97 Å². The number of nitro benzene ring substituents is 2. The van der Waals surface area contributed by atoms with Gasteiger partial charge < -0.3 is 58.5 Å². The monoisotopic (exact) mass is 1710 g/mol. The van der Waals surface area contributed by atoms with Crippen molar-refractivity contribution in [2.24, 2.45) is 5.34 Å². The Kier molecular flexibility index (Phi) is 42.3. The Morgan fingerprint density at radius 3 is 1.43 bits per heavy atom. The minimum Gasteiger partial charge on any atom is -1.00 e. The van der Waals surface area contributed by atoms with Gasteiger partial charge in [-0.05, 0) is 174 Å². The molecule has 1 unspecified atom stereocenters. The van der Waals surface area contributed by atoms with Crippen molar-refractivity contribution in [3.05, 3.63) is 288 Å². The van der Waals surface area contributed by atoms with Crippen LogP contribution in [0.2, 0.25) is 10.0 Å². The summed E-state index contributed by atoms with van der Waals surface area (Å²) in [6.45, 7) is 6.88. The Balaban J connectivity index is 0. The number of nitrogens with two attached hydrogens (primary N) is 1. The van der Waals surface area contributed by atoms with E-state index in [4.69, 9.17) is 39.1 Å². The Morgan fingerprint density at radius 1 is 0.614 bits per heavy atom. The van der Waals surface area contributed by atoms with Gasteiger partial charge in [0.05, 0.1) is 38.0 Å². The van der Waals surface area contributed by atoms with E-state index in [2.05, 4.69) is 84.0 Å². The quantitative estimate of drug-likeness (QED) is 0.00808. The number of hydrogen-bond acceptors (Lipinski definition) is 20. The molecule has 9 aromatic carbocycles. The number of aliphatic hydroxyl groups is 7. The number of aliphatic hydroxyl groups excluding tert-OH is 1. The smallest absolute Gasteiger partial charge is 1.00 e. The number of aromatic nitrogens is 4. The molecule has 0 aliphatic heterocycles. The molecule has 2 aromatic heterocycles. The van der Waals surface area contributed by atoms with Gasteiger partial charge in [0.15, 0.2) is 23.1 Å². The molecule has 0 aliphatic rings. The molecule has 10 N–H and O–H groups in total. The maximum atomic E-state index is 11.2. The first-order valence-corrected chi connectivity index (χ1v) is 31.7. The van der Waals surface area contributed by atoms with Crippen LogP contribution in [0.1, 0.15) is 74.8 Å². The largest absolute Gasteiger partial charge is 1.00 e. The second-order valence-corrected chi connectivity index (χ2v) is 25.2. The number of carbonyl (C=O) groups excluding carboxylic acids is 1. The van der Waals surface area contributed by atoms with E-state index < -0.39 is 33.3 Å². The molecule has 0 aliphatic carbocycles. The van der Waals surface area contributed by atoms with Crippen LogP contribution in [0.5, 0.6) is 0 Å². The van der Waals surface area contributed by atoms with E-state index in [-0.39, 0.29) is 143 Å². The summed E-state index contributed by atoms with van der Waals surface area (Å²) < 4.78 is 7.88. The molecule has 24 nitrogen and oxygen atoms in total. The fraction of sp³-hybridized carbons (Fsp3) is 0.136. The van der Waals surface area contributed by atoms with Crippen molar-refractivity contribution in [2.75, 3.05) is 11.1 Å². The molecule has 6 radical (unpaired) electrons. The number of benzene rings is 9. The average Bonchev–Trinajstić information content (AvgIpc) is 1.62. The summed E-state index contributed by atoms with van der Waals surface area (Å²) in [4.78, 5) is 50.5. The van der Waals surface area contributed by atoms with Crippen LogP contribution in [0, 0.1) is 25.1 Å². The molecular formula is C66H62B2Br4Cl2FKN9NaO15. The first-order chi connectivity index (χ1) is 45.1. The predicted molar refractivity (Wildman–Crippen MR) is 394 cm³/mol. The molecule has 0 saturated heterocycles. The van der Waals surface area contributed by atoms with Crippen LogP contribution in [0.15, 0.2) is 230 Å². The van der Waals surface area contributed by atoms with Crippen LogP contribution in [-0.4, -0.2) is 87.3 Å². The molecule has 2 heterocycles. The average molecular weight is 1710 g/mol. The van der Waals surface area contributed by atoms with E-state index in [9.17, 15) is 60.8 Å². The zero-order valence-corrected chi connectivity index (χ0v) is 67.6. The predicted octanol–water partition coefficient (Wildman–Crippen LogP) is 8.50. The minimum absolute atomic E-state index is 0. The zero-order chi connectivity index (χ0) is 71.2. The van der Waals surface area contributed by atoms with Crippen molar-refractivity contribution in [3.8, 4) is 11.4 Å². The number of halogens is 7. The second-order valence-electron chi connectivity index (χ2n) is 20.7. The van der Waals surface area contributed by atoms with Crippen molar-refractivity contribution >= 4 is 160 Å². The van der Waals surface area contributed by atoms with Crippen LogP contribution < -0.4 is 97.2 Å². The summed E-state index contributed by atoms with van der Waals surface area (Å²) in [6, 6.07) is 56.2. The molecule has 11 rings (SSSR count). The number of rotatable bonds is 12. The molecule has 0 amide bonds. The Morgan fingerprint density at radius 2 is 1.02 bits per heavy atom. The van der Waals surface area contributed by atoms with Gasteiger partial charge in [0.25, 0.3) is 11.4 Å². The van der Waals surface area contributed by atoms with E-state index in [1.54, 1.807) is 74.2 Å². The van der Waals surface area contributed by atoms with Crippen molar-refractivity contribution in [2.45, 2.75) is 58.1 Å². The number of fused-ring (bicyclic) bond motifs is 2. The topological polar surface area (TPSA) is 380 Å². The van der Waals surface area contributed by atoms with Gasteiger partial charge in [-0.1, -0.05) is 135 Å². The molecule has 11 aromatic rings. The molecule has 0 fully saturated rings. The summed E-state index contributed by atoms with van der Waals surface area (Å²) in [6.07, 6.45) is 3.06. The zero-order valence-electron chi connectivity index (χ0n) is 55.6. The van der Waals surface area contributed by atoms with Gasteiger partial charge in [-0.3, -0.25) is 38.9 Å². The van der Waals surface area contributed by atoms with Crippen LogP contribution in [0.4, 0.5) is 33.1 Å². The molecular weight excluding hydrogens is 1650 g/mol. The first-order valence-electron chi connectivity index (χ1n) is 27.7. The summed E-state index contributed by atoms with van der Waals surface area (Å²) in [5.41, 5.74) is 14.3. The van der Waals surface area contributed by atoms with E-state index in [1.807, 2.05) is 112 Å². The van der Waals surface area contributed by atoms with Crippen molar-refractivity contribution in [1.82, 2.24) is 19.1 Å². The SMILES string of the molecule is CC(=O)c1ccc(Cl)cc1.CC(O)(O)c1ccc(Cl)c([N+](=O)[O-])c1.CC(O)(O)c1ccc(Nc2cccc(Br)c2)c([N+](=O)[O-])c1.CC(O)(O)c1ccc2c(c1)ncn2-c1cccc(Br)c1.CC(O)c1ccc2c(c1)ncn2-c1cccc(Br)c1.F.Nc1cccc(Br)c1.O=NO[O-].[B].[B].[H-].[K+].[Na+]. The third-order valence-electron chi connectivity index (χ3n) is 13.0. The van der Waals surface area contributed by atoms with Gasteiger partial charge in [-0.15, -0.1) is 4.91 Å². The molecule has 518 valence electrons. The fourth-order valence-corrected chi connectivity index (χ4v) is 10.1. The standard InChI is InChI=1S/C15H13BrN2O2.C15H13BrN2O.C14H13BrN2O4.C8H8ClNO4.C8H7ClO.C6H6BrN.2B.FH.K.HNO3.Na.H/c1-15(19,20)10-5-6-14-13(7-10)17-9-18(14)12-4-2-3-11(16)8-12;1-10(19)11-5-6-15-14(7-11)17-9-18(15)13-4-2-3-12(16)8-13;1-14(18,19)9-5-6-12(13(7-9)17(20)21)16-11-4-2-3-10(15)8-11;1-8(11,12)5-2-3-6(9)7(4-5)10(13)14;1-6(10)7-2-4-8(9)5-3-7;7-5-2-1-3-6(8)4-5;;;;;2-1-4-3;;/h2-9,19-20H,1H3;2-10,19H,1H3;2-8,16,18-19H,1H3;2-4,11-12H,1H3;2-5H,1H3;1-4H,8H2;;;1H;;3H;;/q;;;;;;;;;+1;;+1;-1/p-1. The van der Waals surface area contributed by atoms with Gasteiger partial charge in [-0.2, -0.15) is 0 Å². The van der Waals surface area contributed by atoms with Crippen molar-refractivity contribution in [3.63, 3.8) is 0 Å². The molecule has 35 heteroatoms. The van der Waals surface area contributed by atoms with Gasteiger partial charge in [0, 0.05) is 96.9 Å². The molecule has 0 bridgehead atoms. The number of ketones is 1. The minimum atomic E-state index is -2.13. The third-order valence-corrected chi connectivity index (χ3v) is 15.5. The van der Waals surface area contributed by atoms with E-state index >= 15 is 0 Å². The number of nitrogens with zero attached hydrogens (tertiary/aromatic N) is 7. The maximum Gasteiger partial charge on any atom is 1.00 e. The van der Waals surface area contributed by atoms with Crippen LogP contribution in [-0.2, 0) is 22.3 Å². The Bertz CT molecular complexity index is 4480. The van der Waals surface area contributed by atoms with Crippen molar-refractivity contribution < 1.29 is 148 Å². The van der Waals surface area contributed by atoms with Crippen LogP contribution >= 0.6 is 86.9 Å². The van der Waals surface area contributed by atoms with Gasteiger partial charge >= 0.3 is 80.9 Å². The van der Waals surface area contributed by atoms with E-state index in [0.717, 1.165) is 88.6 Å². The molecule has 0 spiro atoms. The number of imidazole rings is 2. The normalized spacial score (nSPS) is 10.6. The number of carbonyl (C=O) groups is 1. The van der Waals surface area contributed by atoms with Crippen LogP contribution in [0.25, 0.3) is 33.4 Å². The number of hydrogen-bond donors (Lipinski definition) is 9. The van der Waals surface area contributed by atoms with E-state index in [0.29, 0.717) is 21.8 Å². The van der Waals surface area contributed by atoms with Crippen molar-refractivity contribution in [1.29, 1.82) is 0 Å². The maximum absolute atomic E-state index is 11.2. The summed E-state index contributed by atoms with van der Waals surface area (Å²) in [5.74, 6) is -6.01. The summed E-state index contributed by atoms with van der Waals surface area (Å²) in [5, 5.41) is 101. The number of anilines is 3. The fourth-order valence-electron chi connectivity index (χ4n) is 8.20. The number of nitrogen functional groups attached to an aromatic ring is 1. The molecule has 101 heavy (non-hydrogen) atoms. The summed E-state index contributed by atoms with van der Waals surface area (Å²) >= 11 is 24.7. The number of Topliss-reactive ketones (excluding diaryl/α,β-unsaturated/α-hetero) is 1. The second kappa shape index (κ2) is 44.8. The number of nitrogens with one attached hydrogen (secondary N) is 1. The molecule has 1 atom stereocenters. The number of nitro groups is 2. The van der Waals surface area contributed by atoms with E-state index in [1.165, 1.54) is 43.5 Å². The first kappa shape index (κ1) is 95.3.